The molecule has 0 atom stereocenters. The Balaban J connectivity index is 1.67. The summed E-state index contributed by atoms with van der Waals surface area (Å²) >= 11 is 0. The highest BCUT2D eigenvalue weighted by Crippen LogP contribution is 2.27. The van der Waals surface area contributed by atoms with Gasteiger partial charge in [0.15, 0.2) is 5.96 Å². The summed E-state index contributed by atoms with van der Waals surface area (Å²) in [6.07, 6.45) is 8.11. The van der Waals surface area contributed by atoms with Crippen molar-refractivity contribution >= 4 is 5.96 Å². The van der Waals surface area contributed by atoms with Crippen LogP contribution in [-0.2, 0) is 13.0 Å². The zero-order valence-corrected chi connectivity index (χ0v) is 14.2. The molecule has 2 N–H and O–H groups in total. The van der Waals surface area contributed by atoms with E-state index in [1.165, 1.54) is 25.7 Å². The van der Waals surface area contributed by atoms with E-state index in [4.69, 9.17) is 0 Å². The first-order valence-electron chi connectivity index (χ1n) is 8.54. The van der Waals surface area contributed by atoms with Gasteiger partial charge in [-0.25, -0.2) is 0 Å². The number of hydrogen-bond donors (Lipinski definition) is 2. The number of aromatic nitrogens is 3. The minimum absolute atomic E-state index is 0.791. The van der Waals surface area contributed by atoms with Crippen LogP contribution in [0.4, 0.5) is 0 Å². The average Bonchev–Trinajstić information content (AvgIpc) is 2.99. The number of guanidine groups is 1. The smallest absolute Gasteiger partial charge is 0.191 e. The molecule has 0 aromatic carbocycles. The van der Waals surface area contributed by atoms with E-state index in [2.05, 4.69) is 44.2 Å². The van der Waals surface area contributed by atoms with Crippen molar-refractivity contribution in [2.24, 2.45) is 16.8 Å². The van der Waals surface area contributed by atoms with Gasteiger partial charge in [-0.2, -0.15) is 0 Å². The van der Waals surface area contributed by atoms with Crippen molar-refractivity contribution < 1.29 is 0 Å². The first kappa shape index (κ1) is 16.8. The fourth-order valence-electron chi connectivity index (χ4n) is 3.03. The molecule has 1 saturated carbocycles. The molecule has 1 aliphatic carbocycles. The van der Waals surface area contributed by atoms with E-state index in [0.29, 0.717) is 0 Å². The van der Waals surface area contributed by atoms with Crippen LogP contribution >= 0.6 is 0 Å². The summed E-state index contributed by atoms with van der Waals surface area (Å²) in [7, 11) is 1.83. The highest BCUT2D eigenvalue weighted by molar-refractivity contribution is 5.79. The van der Waals surface area contributed by atoms with Gasteiger partial charge in [0.25, 0.3) is 0 Å². The molecule has 124 valence electrons. The molecular weight excluding hydrogens is 276 g/mol. The Hall–Kier alpha value is -1.59. The Morgan fingerprint density at radius 2 is 2.09 bits per heavy atom. The second kappa shape index (κ2) is 8.76. The molecule has 0 amide bonds. The third-order valence-electron chi connectivity index (χ3n) is 4.57. The normalized spacial score (nSPS) is 22.6. The Morgan fingerprint density at radius 3 is 2.77 bits per heavy atom. The van der Waals surface area contributed by atoms with Crippen molar-refractivity contribution in [1.82, 2.24) is 25.4 Å². The molecule has 22 heavy (non-hydrogen) atoms. The molecule has 0 bridgehead atoms. The van der Waals surface area contributed by atoms with Crippen LogP contribution < -0.4 is 10.6 Å². The molecule has 6 heteroatoms. The second-order valence-electron chi connectivity index (χ2n) is 6.30. The Kier molecular flexibility index (Phi) is 6.68. The summed E-state index contributed by atoms with van der Waals surface area (Å²) in [6, 6.07) is 0. The molecule has 1 aromatic heterocycles. The largest absolute Gasteiger partial charge is 0.356 e. The van der Waals surface area contributed by atoms with Crippen LogP contribution in [0.5, 0.6) is 0 Å². The zero-order valence-electron chi connectivity index (χ0n) is 14.2. The minimum atomic E-state index is 0.791. The molecule has 1 aliphatic rings. The molecule has 1 heterocycles. The lowest BCUT2D eigenvalue weighted by Gasteiger charge is -2.26. The molecule has 1 aromatic rings. The molecule has 0 aliphatic heterocycles. The van der Waals surface area contributed by atoms with E-state index in [9.17, 15) is 0 Å². The molecule has 0 radical (unpaired) electrons. The van der Waals surface area contributed by atoms with Crippen molar-refractivity contribution in [2.45, 2.75) is 52.5 Å². The van der Waals surface area contributed by atoms with Gasteiger partial charge in [-0.15, -0.1) is 10.2 Å². The van der Waals surface area contributed by atoms with Gasteiger partial charge < -0.3 is 15.2 Å². The highest BCUT2D eigenvalue weighted by atomic mass is 15.3. The monoisotopic (exact) mass is 306 g/mol. The van der Waals surface area contributed by atoms with Gasteiger partial charge in [0.1, 0.15) is 12.2 Å². The third kappa shape index (κ3) is 5.00. The van der Waals surface area contributed by atoms with Crippen LogP contribution in [0, 0.1) is 11.8 Å². The maximum atomic E-state index is 4.30. The van der Waals surface area contributed by atoms with Gasteiger partial charge in [-0.3, -0.25) is 4.99 Å². The van der Waals surface area contributed by atoms with Crippen molar-refractivity contribution in [2.75, 3.05) is 20.1 Å². The molecular formula is C16H30N6. The van der Waals surface area contributed by atoms with Crippen LogP contribution in [0.3, 0.4) is 0 Å². The summed E-state index contributed by atoms with van der Waals surface area (Å²) in [6.45, 7) is 7.17. The van der Waals surface area contributed by atoms with Gasteiger partial charge in [-0.05, 0) is 24.7 Å². The lowest BCUT2D eigenvalue weighted by atomic mass is 9.83. The topological polar surface area (TPSA) is 67.1 Å². The number of nitrogens with zero attached hydrogens (tertiary/aromatic N) is 4. The molecule has 0 unspecified atom stereocenters. The number of rotatable bonds is 6. The van der Waals surface area contributed by atoms with Gasteiger partial charge in [0, 0.05) is 33.1 Å². The SMILES string of the molecule is CCc1nncn1CCNC(=NC)NCC1CCC(C)CC1. The van der Waals surface area contributed by atoms with E-state index in [1.807, 2.05) is 7.05 Å². The molecule has 1 fully saturated rings. The summed E-state index contributed by atoms with van der Waals surface area (Å²) in [4.78, 5) is 4.30. The van der Waals surface area contributed by atoms with E-state index in [0.717, 1.165) is 49.7 Å². The molecule has 0 saturated heterocycles. The van der Waals surface area contributed by atoms with Crippen LogP contribution in [-0.4, -0.2) is 40.9 Å². The van der Waals surface area contributed by atoms with Crippen molar-refractivity contribution in [3.8, 4) is 0 Å². The summed E-state index contributed by atoms with van der Waals surface area (Å²) in [5.74, 6) is 3.62. The van der Waals surface area contributed by atoms with Crippen LogP contribution in [0.1, 0.15) is 45.4 Å². The van der Waals surface area contributed by atoms with E-state index in [1.54, 1.807) is 6.33 Å². The van der Waals surface area contributed by atoms with Gasteiger partial charge in [0.2, 0.25) is 0 Å². The Bertz CT molecular complexity index is 459. The third-order valence-corrected chi connectivity index (χ3v) is 4.57. The highest BCUT2D eigenvalue weighted by Gasteiger charge is 2.18. The van der Waals surface area contributed by atoms with Gasteiger partial charge in [-0.1, -0.05) is 26.7 Å². The number of aryl methyl sites for hydroxylation is 1. The standard InChI is InChI=1S/C16H30N6/c1-4-15-21-20-12-22(15)10-9-18-16(17-3)19-11-14-7-5-13(2)6-8-14/h12-14H,4-11H2,1-3H3,(H2,17,18,19). The van der Waals surface area contributed by atoms with E-state index >= 15 is 0 Å². The summed E-state index contributed by atoms with van der Waals surface area (Å²) in [5, 5.41) is 14.9. The number of nitrogens with one attached hydrogen (secondary N) is 2. The Morgan fingerprint density at radius 1 is 1.32 bits per heavy atom. The predicted octanol–water partition coefficient (Wildman–Crippen LogP) is 1.83. The van der Waals surface area contributed by atoms with Gasteiger partial charge in [0.05, 0.1) is 0 Å². The number of hydrogen-bond acceptors (Lipinski definition) is 3. The number of aliphatic imine (C=N–C) groups is 1. The fourth-order valence-corrected chi connectivity index (χ4v) is 3.03. The average molecular weight is 306 g/mol. The predicted molar refractivity (Wildman–Crippen MR) is 89.9 cm³/mol. The van der Waals surface area contributed by atoms with Crippen molar-refractivity contribution in [3.63, 3.8) is 0 Å². The fraction of sp³-hybridized carbons (Fsp3) is 0.812. The lowest BCUT2D eigenvalue weighted by molar-refractivity contribution is 0.289. The molecule has 2 rings (SSSR count). The maximum Gasteiger partial charge on any atom is 0.191 e. The quantitative estimate of drug-likeness (QED) is 0.621. The second-order valence-corrected chi connectivity index (χ2v) is 6.30. The van der Waals surface area contributed by atoms with E-state index < -0.39 is 0 Å². The van der Waals surface area contributed by atoms with Crippen molar-refractivity contribution in [1.29, 1.82) is 0 Å². The first-order chi connectivity index (χ1) is 10.7. The van der Waals surface area contributed by atoms with Crippen LogP contribution in [0.15, 0.2) is 11.3 Å². The minimum Gasteiger partial charge on any atom is -0.356 e. The van der Waals surface area contributed by atoms with Crippen molar-refractivity contribution in [3.05, 3.63) is 12.2 Å². The zero-order chi connectivity index (χ0) is 15.8. The lowest BCUT2D eigenvalue weighted by Crippen LogP contribution is -2.41. The Labute approximate surface area is 133 Å². The molecule has 0 spiro atoms. The van der Waals surface area contributed by atoms with Gasteiger partial charge >= 0.3 is 0 Å². The molecule has 6 nitrogen and oxygen atoms in total. The summed E-state index contributed by atoms with van der Waals surface area (Å²) in [5.41, 5.74) is 0. The summed E-state index contributed by atoms with van der Waals surface area (Å²) < 4.78 is 2.09. The maximum absolute atomic E-state index is 4.30. The van der Waals surface area contributed by atoms with Crippen LogP contribution in [0.25, 0.3) is 0 Å². The van der Waals surface area contributed by atoms with Crippen LogP contribution in [0.2, 0.25) is 0 Å². The van der Waals surface area contributed by atoms with E-state index in [-0.39, 0.29) is 0 Å². The first-order valence-corrected chi connectivity index (χ1v) is 8.54.